The summed E-state index contributed by atoms with van der Waals surface area (Å²) >= 11 is 0. The number of rotatable bonds is 5. The maximum absolute atomic E-state index is 11.3. The van der Waals surface area contributed by atoms with Crippen LogP contribution in [0.25, 0.3) is 0 Å². The van der Waals surface area contributed by atoms with Crippen molar-refractivity contribution < 1.29 is 7.65 Å². The van der Waals surface area contributed by atoms with Crippen LogP contribution in [0.15, 0.2) is 0 Å². The Balaban J connectivity index is -0.000000605. The molecule has 2 N–H and O–H groups in total. The molecule has 0 aromatic heterocycles. The van der Waals surface area contributed by atoms with Gasteiger partial charge in [0.25, 0.3) is 0 Å². The first-order valence-electron chi connectivity index (χ1n) is 4.56. The van der Waals surface area contributed by atoms with E-state index in [1.165, 1.54) is 0 Å². The van der Waals surface area contributed by atoms with Crippen molar-refractivity contribution >= 4 is 5.91 Å². The summed E-state index contributed by atoms with van der Waals surface area (Å²) in [6, 6.07) is -0.0371. The van der Waals surface area contributed by atoms with Gasteiger partial charge in [0.15, 0.2) is 0 Å². The number of nitrogens with one attached hydrogen (secondary N) is 2. The summed E-state index contributed by atoms with van der Waals surface area (Å²) in [5.74, 6) is 0.652. The highest BCUT2D eigenvalue weighted by atomic mass is 16.2. The summed E-state index contributed by atoms with van der Waals surface area (Å²) < 4.78 is 0. The second kappa shape index (κ2) is 6.00. The van der Waals surface area contributed by atoms with Crippen LogP contribution in [0.3, 0.4) is 0 Å². The molecular formula is C9H24N2O. The lowest BCUT2D eigenvalue weighted by Gasteiger charge is -2.16. The fourth-order valence-corrected chi connectivity index (χ4v) is 1.12. The van der Waals surface area contributed by atoms with Crippen LogP contribution < -0.4 is 10.6 Å². The predicted octanol–water partition coefficient (Wildman–Crippen LogP) is 1.25. The Hall–Kier alpha value is -0.570. The van der Waals surface area contributed by atoms with Crippen molar-refractivity contribution in [2.24, 2.45) is 5.92 Å². The van der Waals surface area contributed by atoms with E-state index in [2.05, 4.69) is 24.5 Å². The zero-order valence-electron chi connectivity index (χ0n) is 8.48. The Morgan fingerprint density at radius 3 is 2.42 bits per heavy atom. The molecule has 0 saturated carbocycles. The molecule has 0 fully saturated rings. The van der Waals surface area contributed by atoms with Crippen molar-refractivity contribution in [3.05, 3.63) is 0 Å². The van der Waals surface area contributed by atoms with Crippen LogP contribution >= 0.6 is 0 Å². The molecule has 3 heteroatoms. The fourth-order valence-electron chi connectivity index (χ4n) is 1.12. The van der Waals surface area contributed by atoms with E-state index in [0.717, 1.165) is 6.42 Å². The van der Waals surface area contributed by atoms with Gasteiger partial charge in [0, 0.05) is 9.40 Å². The van der Waals surface area contributed by atoms with Crippen molar-refractivity contribution in [1.29, 1.82) is 0 Å². The lowest BCUT2D eigenvalue weighted by Crippen LogP contribution is -2.43. The van der Waals surface area contributed by atoms with Crippen molar-refractivity contribution in [3.8, 4) is 0 Å². The van der Waals surface area contributed by atoms with Gasteiger partial charge in [0.1, 0.15) is 0 Å². The van der Waals surface area contributed by atoms with Crippen molar-refractivity contribution in [1.82, 2.24) is 10.6 Å². The summed E-state index contributed by atoms with van der Waals surface area (Å²) in [5, 5.41) is 5.81. The zero-order chi connectivity index (χ0) is 9.56. The highest BCUT2D eigenvalue weighted by molar-refractivity contribution is 5.81. The SMILES string of the molecule is CCNC(=O)[C@@H](CC(C)C)NC.[HH].[HH]. The quantitative estimate of drug-likeness (QED) is 0.662. The fraction of sp³-hybridized carbons (Fsp3) is 0.889. The summed E-state index contributed by atoms with van der Waals surface area (Å²) in [6.45, 7) is 6.86. The summed E-state index contributed by atoms with van der Waals surface area (Å²) in [5.41, 5.74) is 0. The van der Waals surface area contributed by atoms with Gasteiger partial charge >= 0.3 is 0 Å². The Morgan fingerprint density at radius 2 is 2.08 bits per heavy atom. The third-order valence-electron chi connectivity index (χ3n) is 1.72. The Labute approximate surface area is 77.9 Å². The smallest absolute Gasteiger partial charge is 0.237 e. The second-order valence-electron chi connectivity index (χ2n) is 3.37. The molecule has 1 amide bonds. The molecule has 12 heavy (non-hydrogen) atoms. The third-order valence-corrected chi connectivity index (χ3v) is 1.72. The van der Waals surface area contributed by atoms with Crippen LogP contribution in [-0.4, -0.2) is 25.5 Å². The van der Waals surface area contributed by atoms with Crippen LogP contribution in [-0.2, 0) is 4.79 Å². The van der Waals surface area contributed by atoms with Gasteiger partial charge in [0.2, 0.25) is 5.91 Å². The van der Waals surface area contributed by atoms with Gasteiger partial charge in [-0.05, 0) is 26.3 Å². The number of hydrogen-bond acceptors (Lipinski definition) is 2. The average Bonchev–Trinajstić information content (AvgIpc) is 2.00. The lowest BCUT2D eigenvalue weighted by atomic mass is 10.0. The van der Waals surface area contributed by atoms with Crippen LogP contribution in [0.4, 0.5) is 0 Å². The predicted molar refractivity (Wildman–Crippen MR) is 55.2 cm³/mol. The summed E-state index contributed by atoms with van der Waals surface area (Å²) in [7, 11) is 1.82. The maximum Gasteiger partial charge on any atom is 0.237 e. The Kier molecular flexibility index (Phi) is 5.72. The number of carbonyl (C=O) groups excluding carboxylic acids is 1. The summed E-state index contributed by atoms with van der Waals surface area (Å²) in [6.07, 6.45) is 0.891. The van der Waals surface area contributed by atoms with Gasteiger partial charge in [0.05, 0.1) is 6.04 Å². The molecule has 0 unspecified atom stereocenters. The first-order chi connectivity index (χ1) is 5.61. The second-order valence-corrected chi connectivity index (χ2v) is 3.37. The van der Waals surface area contributed by atoms with E-state index >= 15 is 0 Å². The van der Waals surface area contributed by atoms with Crippen LogP contribution in [0.5, 0.6) is 0 Å². The highest BCUT2D eigenvalue weighted by Gasteiger charge is 2.15. The molecule has 0 aliphatic carbocycles. The van der Waals surface area contributed by atoms with Gasteiger partial charge in [-0.2, -0.15) is 0 Å². The molecular weight excluding hydrogens is 152 g/mol. The number of amides is 1. The topological polar surface area (TPSA) is 41.1 Å². The summed E-state index contributed by atoms with van der Waals surface area (Å²) in [4.78, 5) is 11.3. The van der Waals surface area contributed by atoms with E-state index in [4.69, 9.17) is 0 Å². The lowest BCUT2D eigenvalue weighted by molar-refractivity contribution is -0.123. The number of carbonyl (C=O) groups is 1. The van der Waals surface area contributed by atoms with Crippen molar-refractivity contribution in [3.63, 3.8) is 0 Å². The molecule has 0 heterocycles. The molecule has 0 bridgehead atoms. The monoisotopic (exact) mass is 176 g/mol. The number of likely N-dealkylation sites (N-methyl/N-ethyl adjacent to an activating group) is 2. The normalized spacial score (nSPS) is 13.1. The van der Waals surface area contributed by atoms with Crippen LogP contribution in [0, 0.1) is 5.92 Å². The highest BCUT2D eigenvalue weighted by Crippen LogP contribution is 2.03. The standard InChI is InChI=1S/C9H20N2O.2H2/c1-5-11-9(12)8(10-4)6-7(2)3;;/h7-8,10H,5-6H2,1-4H3,(H,11,12);2*1H/t8-;;/m1../s1. The van der Waals surface area contributed by atoms with E-state index < -0.39 is 0 Å². The first-order valence-corrected chi connectivity index (χ1v) is 4.56. The van der Waals surface area contributed by atoms with Crippen molar-refractivity contribution in [2.45, 2.75) is 33.2 Å². The van der Waals surface area contributed by atoms with E-state index in [9.17, 15) is 4.79 Å². The third kappa shape index (κ3) is 4.34. The number of hydrogen-bond donors (Lipinski definition) is 2. The molecule has 76 valence electrons. The van der Waals surface area contributed by atoms with E-state index in [1.54, 1.807) is 0 Å². The molecule has 0 aromatic carbocycles. The minimum absolute atomic E-state index is 0. The zero-order valence-corrected chi connectivity index (χ0v) is 8.48. The molecule has 0 rings (SSSR count). The molecule has 0 spiro atoms. The van der Waals surface area contributed by atoms with Gasteiger partial charge in [-0.15, -0.1) is 0 Å². The van der Waals surface area contributed by atoms with Gasteiger partial charge in [-0.3, -0.25) is 4.79 Å². The molecule has 0 aromatic rings. The van der Waals surface area contributed by atoms with E-state index in [0.29, 0.717) is 12.5 Å². The van der Waals surface area contributed by atoms with Crippen LogP contribution in [0.2, 0.25) is 0 Å². The largest absolute Gasteiger partial charge is 0.355 e. The van der Waals surface area contributed by atoms with E-state index in [1.807, 2.05) is 14.0 Å². The average molecular weight is 176 g/mol. The molecule has 1 atom stereocenters. The van der Waals surface area contributed by atoms with Gasteiger partial charge < -0.3 is 10.6 Å². The Morgan fingerprint density at radius 1 is 1.50 bits per heavy atom. The first kappa shape index (κ1) is 11.4. The minimum Gasteiger partial charge on any atom is -0.355 e. The van der Waals surface area contributed by atoms with Crippen LogP contribution in [0.1, 0.15) is 30.0 Å². The maximum atomic E-state index is 11.3. The molecule has 0 aliphatic heterocycles. The van der Waals surface area contributed by atoms with Gasteiger partial charge in [-0.25, -0.2) is 0 Å². The molecule has 0 aliphatic rings. The molecule has 0 radical (unpaired) electrons. The molecule has 3 nitrogen and oxygen atoms in total. The van der Waals surface area contributed by atoms with Gasteiger partial charge in [-0.1, -0.05) is 13.8 Å². The minimum atomic E-state index is -0.0371. The Bertz CT molecular complexity index is 143. The van der Waals surface area contributed by atoms with Crippen molar-refractivity contribution in [2.75, 3.05) is 13.6 Å². The molecule has 0 saturated heterocycles. The van der Waals surface area contributed by atoms with E-state index in [-0.39, 0.29) is 14.8 Å².